The van der Waals surface area contributed by atoms with E-state index in [4.69, 9.17) is 16.1 Å². The maximum atomic E-state index is 13.1. The van der Waals surface area contributed by atoms with E-state index in [0.717, 1.165) is 0 Å². The van der Waals surface area contributed by atoms with E-state index < -0.39 is 11.9 Å². The highest BCUT2D eigenvalue weighted by molar-refractivity contribution is 6.33. The predicted octanol–water partition coefficient (Wildman–Crippen LogP) is 3.98. The number of carbonyl (C=O) groups excluding carboxylic acids is 2. The Kier molecular flexibility index (Phi) is 5.07. The Morgan fingerprint density at radius 1 is 1.24 bits per heavy atom. The third-order valence-corrected chi connectivity index (χ3v) is 5.15. The molecule has 0 radical (unpaired) electrons. The van der Waals surface area contributed by atoms with Gasteiger partial charge in [0.05, 0.1) is 11.1 Å². The van der Waals surface area contributed by atoms with Crippen LogP contribution in [0.15, 0.2) is 53.1 Å². The van der Waals surface area contributed by atoms with Crippen LogP contribution in [0.25, 0.3) is 11.3 Å². The van der Waals surface area contributed by atoms with E-state index in [2.05, 4.69) is 10.5 Å². The van der Waals surface area contributed by atoms with Crippen LogP contribution in [-0.4, -0.2) is 29.6 Å². The van der Waals surface area contributed by atoms with Gasteiger partial charge in [-0.1, -0.05) is 35.0 Å². The van der Waals surface area contributed by atoms with Gasteiger partial charge in [0.2, 0.25) is 5.91 Å². The predicted molar refractivity (Wildman–Crippen MR) is 106 cm³/mol. The number of hydrogen-bond donors (Lipinski definition) is 1. The number of rotatable bonds is 4. The maximum absolute atomic E-state index is 13.1. The zero-order valence-electron chi connectivity index (χ0n) is 15.5. The number of halogens is 2. The molecule has 1 atom stereocenters. The summed E-state index contributed by atoms with van der Waals surface area (Å²) in [4.78, 5) is 26.8. The topological polar surface area (TPSA) is 75.4 Å². The summed E-state index contributed by atoms with van der Waals surface area (Å²) in [6, 6.07) is 12.3. The van der Waals surface area contributed by atoms with Gasteiger partial charge in [-0.3, -0.25) is 9.59 Å². The molecule has 0 aliphatic carbocycles. The first-order valence-electron chi connectivity index (χ1n) is 9.02. The molecule has 0 saturated carbocycles. The summed E-state index contributed by atoms with van der Waals surface area (Å²) < 4.78 is 18.4. The Balaban J connectivity index is 1.54. The van der Waals surface area contributed by atoms with Gasteiger partial charge in [-0.25, -0.2) is 4.39 Å². The lowest BCUT2D eigenvalue weighted by Crippen LogP contribution is -2.37. The molecule has 2 heterocycles. The Labute approximate surface area is 171 Å². The van der Waals surface area contributed by atoms with Crippen molar-refractivity contribution in [2.24, 2.45) is 0 Å². The van der Waals surface area contributed by atoms with Crippen LogP contribution in [0.2, 0.25) is 5.02 Å². The summed E-state index contributed by atoms with van der Waals surface area (Å²) in [6.07, 6.45) is 0.148. The van der Waals surface area contributed by atoms with Gasteiger partial charge in [-0.05, 0) is 37.3 Å². The van der Waals surface area contributed by atoms with Crippen molar-refractivity contribution >= 4 is 29.1 Å². The summed E-state index contributed by atoms with van der Waals surface area (Å²) in [7, 11) is 0. The minimum absolute atomic E-state index is 0.143. The number of carbonyl (C=O) groups is 2. The molecule has 6 nitrogen and oxygen atoms in total. The van der Waals surface area contributed by atoms with Crippen LogP contribution >= 0.6 is 11.6 Å². The monoisotopic (exact) mass is 413 g/mol. The molecule has 1 N–H and O–H groups in total. The molecule has 3 aromatic rings. The molecule has 1 fully saturated rings. The quantitative estimate of drug-likeness (QED) is 0.702. The molecular weight excluding hydrogens is 397 g/mol. The Hall–Kier alpha value is -3.19. The number of aromatic nitrogens is 1. The largest absolute Gasteiger partial charge is 0.360 e. The zero-order valence-corrected chi connectivity index (χ0v) is 16.2. The molecule has 1 aliphatic rings. The highest BCUT2D eigenvalue weighted by Crippen LogP contribution is 2.31. The molecule has 148 valence electrons. The second kappa shape index (κ2) is 7.67. The van der Waals surface area contributed by atoms with E-state index >= 15 is 0 Å². The molecule has 1 aromatic heterocycles. The summed E-state index contributed by atoms with van der Waals surface area (Å²) in [5, 5.41) is 7.32. The molecule has 0 spiro atoms. The lowest BCUT2D eigenvalue weighted by atomic mass is 10.1. The molecule has 2 amide bonds. The van der Waals surface area contributed by atoms with Crippen LogP contribution < -0.4 is 10.2 Å². The van der Waals surface area contributed by atoms with Gasteiger partial charge in [0.25, 0.3) is 5.91 Å². The lowest BCUT2D eigenvalue weighted by Gasteiger charge is -2.17. The summed E-state index contributed by atoms with van der Waals surface area (Å²) in [5.74, 6) is -0.551. The molecule has 2 aromatic carbocycles. The molecule has 4 rings (SSSR count). The molecule has 0 bridgehead atoms. The van der Waals surface area contributed by atoms with E-state index in [0.29, 0.717) is 34.3 Å². The number of amides is 2. The minimum Gasteiger partial charge on any atom is -0.360 e. The van der Waals surface area contributed by atoms with E-state index in [1.807, 2.05) is 0 Å². The van der Waals surface area contributed by atoms with Gasteiger partial charge in [0.1, 0.15) is 22.8 Å². The van der Waals surface area contributed by atoms with Crippen molar-refractivity contribution in [3.63, 3.8) is 0 Å². The fraction of sp³-hybridized carbons (Fsp3) is 0.190. The van der Waals surface area contributed by atoms with Crippen LogP contribution in [-0.2, 0) is 4.79 Å². The summed E-state index contributed by atoms with van der Waals surface area (Å²) in [5.41, 5.74) is 1.81. The first kappa shape index (κ1) is 19.1. The van der Waals surface area contributed by atoms with Crippen LogP contribution in [0.5, 0.6) is 0 Å². The number of anilines is 1. The van der Waals surface area contributed by atoms with Crippen LogP contribution in [0, 0.1) is 12.7 Å². The minimum atomic E-state index is -0.395. The lowest BCUT2D eigenvalue weighted by molar-refractivity contribution is -0.117. The van der Waals surface area contributed by atoms with Crippen molar-refractivity contribution < 1.29 is 18.5 Å². The fourth-order valence-corrected chi connectivity index (χ4v) is 3.63. The van der Waals surface area contributed by atoms with Crippen molar-refractivity contribution in [2.75, 3.05) is 11.4 Å². The van der Waals surface area contributed by atoms with Crippen LogP contribution in [0.3, 0.4) is 0 Å². The van der Waals surface area contributed by atoms with Gasteiger partial charge in [-0.15, -0.1) is 0 Å². The third kappa shape index (κ3) is 3.73. The van der Waals surface area contributed by atoms with Gasteiger partial charge in [0, 0.05) is 24.2 Å². The second-order valence-corrected chi connectivity index (χ2v) is 7.20. The normalized spacial score (nSPS) is 16.3. The SMILES string of the molecule is Cc1onc(-c2ccccc2Cl)c1C(=O)N[C@@H]1CC(=O)N(c2ccc(F)cc2)C1. The van der Waals surface area contributed by atoms with Crippen molar-refractivity contribution in [1.29, 1.82) is 0 Å². The molecule has 8 heteroatoms. The van der Waals surface area contributed by atoms with Crippen molar-refractivity contribution in [1.82, 2.24) is 10.5 Å². The van der Waals surface area contributed by atoms with Gasteiger partial charge < -0.3 is 14.7 Å². The van der Waals surface area contributed by atoms with Gasteiger partial charge in [0.15, 0.2) is 0 Å². The Bertz CT molecular complexity index is 1080. The fourth-order valence-electron chi connectivity index (χ4n) is 3.41. The average molecular weight is 414 g/mol. The number of aryl methyl sites for hydroxylation is 1. The first-order chi connectivity index (χ1) is 13.9. The number of benzene rings is 2. The van der Waals surface area contributed by atoms with Crippen LogP contribution in [0.1, 0.15) is 22.5 Å². The zero-order chi connectivity index (χ0) is 20.5. The highest BCUT2D eigenvalue weighted by Gasteiger charge is 2.33. The Morgan fingerprint density at radius 3 is 2.69 bits per heavy atom. The Morgan fingerprint density at radius 2 is 1.97 bits per heavy atom. The van der Waals surface area contributed by atoms with E-state index in [-0.39, 0.29) is 23.7 Å². The van der Waals surface area contributed by atoms with Crippen molar-refractivity contribution in [3.05, 3.63) is 70.7 Å². The van der Waals surface area contributed by atoms with E-state index in [1.165, 1.54) is 29.2 Å². The smallest absolute Gasteiger partial charge is 0.257 e. The number of nitrogens with one attached hydrogen (secondary N) is 1. The maximum Gasteiger partial charge on any atom is 0.257 e. The molecule has 1 saturated heterocycles. The first-order valence-corrected chi connectivity index (χ1v) is 9.40. The van der Waals surface area contributed by atoms with Gasteiger partial charge >= 0.3 is 0 Å². The molecule has 0 unspecified atom stereocenters. The standard InChI is InChI=1S/C21H17ClFN3O3/c1-12-19(20(25-29-12)16-4-2-3-5-17(16)22)21(28)24-14-10-18(27)26(11-14)15-8-6-13(23)7-9-15/h2-9,14H,10-11H2,1H3,(H,24,28)/t14-/m1/s1. The molecule has 1 aliphatic heterocycles. The van der Waals surface area contributed by atoms with E-state index in [1.54, 1.807) is 31.2 Å². The summed E-state index contributed by atoms with van der Waals surface area (Å²) >= 11 is 6.24. The second-order valence-electron chi connectivity index (χ2n) is 6.80. The van der Waals surface area contributed by atoms with Crippen molar-refractivity contribution in [2.45, 2.75) is 19.4 Å². The summed E-state index contributed by atoms with van der Waals surface area (Å²) in [6.45, 7) is 1.94. The average Bonchev–Trinajstić information content (AvgIpc) is 3.25. The van der Waals surface area contributed by atoms with Gasteiger partial charge in [-0.2, -0.15) is 0 Å². The van der Waals surface area contributed by atoms with E-state index in [9.17, 15) is 14.0 Å². The molecule has 29 heavy (non-hydrogen) atoms. The third-order valence-electron chi connectivity index (χ3n) is 4.82. The molecular formula is C21H17ClFN3O3. The van der Waals surface area contributed by atoms with Crippen molar-refractivity contribution in [3.8, 4) is 11.3 Å². The van der Waals surface area contributed by atoms with Crippen LogP contribution in [0.4, 0.5) is 10.1 Å². The number of hydrogen-bond acceptors (Lipinski definition) is 4. The number of nitrogens with zero attached hydrogens (tertiary/aromatic N) is 2. The highest BCUT2D eigenvalue weighted by atomic mass is 35.5.